The van der Waals surface area contributed by atoms with E-state index in [0.29, 0.717) is 15.2 Å². The average molecular weight is 165 g/mol. The predicted octanol–water partition coefficient (Wildman–Crippen LogP) is 3.46. The quantitative estimate of drug-likeness (QED) is 0.340. The van der Waals surface area contributed by atoms with Gasteiger partial charge in [-0.3, -0.25) is 0 Å². The molecule has 0 aliphatic heterocycles. The first kappa shape index (κ1) is 11.0. The van der Waals surface area contributed by atoms with Crippen molar-refractivity contribution >= 4 is 15.2 Å². The van der Waals surface area contributed by atoms with Crippen LogP contribution in [0.1, 0.15) is 27.7 Å². The summed E-state index contributed by atoms with van der Waals surface area (Å²) >= 11 is 0.619. The van der Waals surface area contributed by atoms with Crippen LogP contribution in [-0.2, 0) is 0 Å². The monoisotopic (exact) mass is 165 g/mol. The van der Waals surface area contributed by atoms with E-state index in [-0.39, 0.29) is 0 Å². The van der Waals surface area contributed by atoms with Crippen LogP contribution in [0.2, 0.25) is 10.6 Å². The molecule has 0 bridgehead atoms. The number of hydrogen-bond acceptors (Lipinski definition) is 0. The molecule has 60 valence electrons. The van der Waals surface area contributed by atoms with Gasteiger partial charge in [-0.05, 0) is 0 Å². The van der Waals surface area contributed by atoms with Gasteiger partial charge in [-0.2, -0.15) is 0 Å². The Bertz CT molecular complexity index is 128. The van der Waals surface area contributed by atoms with E-state index in [1.54, 1.807) is 0 Å². The van der Waals surface area contributed by atoms with Gasteiger partial charge in [0.25, 0.3) is 0 Å². The van der Waals surface area contributed by atoms with Crippen LogP contribution >= 0.6 is 0 Å². The van der Waals surface area contributed by atoms with Gasteiger partial charge in [-0.25, -0.2) is 0 Å². The SMILES string of the molecule is CC(C)=C[CH2][Al+][CH2]C=C(C)C. The number of hydrogen-bond donors (Lipinski definition) is 0. The van der Waals surface area contributed by atoms with E-state index in [9.17, 15) is 0 Å². The summed E-state index contributed by atoms with van der Waals surface area (Å²) in [4.78, 5) is 0. The molecule has 0 atom stereocenters. The van der Waals surface area contributed by atoms with Crippen molar-refractivity contribution in [2.45, 2.75) is 38.3 Å². The summed E-state index contributed by atoms with van der Waals surface area (Å²) in [6.07, 6.45) is 4.68. The van der Waals surface area contributed by atoms with Crippen molar-refractivity contribution < 1.29 is 0 Å². The van der Waals surface area contributed by atoms with Gasteiger partial charge in [0, 0.05) is 0 Å². The molecule has 0 aliphatic rings. The Morgan fingerprint density at radius 2 is 1.27 bits per heavy atom. The van der Waals surface area contributed by atoms with Crippen LogP contribution in [0, 0.1) is 0 Å². The minimum atomic E-state index is 0.619. The standard InChI is InChI=1S/2C5H9.Al/c2*1-4-5(2)3;/h2*4H,1H2,2-3H3;/q;;+1. The Labute approximate surface area is 77.1 Å². The zero-order valence-corrected chi connectivity index (χ0v) is 9.30. The Morgan fingerprint density at radius 1 is 0.909 bits per heavy atom. The zero-order chi connectivity index (χ0) is 8.69. The van der Waals surface area contributed by atoms with E-state index in [1.165, 1.54) is 21.7 Å². The van der Waals surface area contributed by atoms with Crippen molar-refractivity contribution in [2.24, 2.45) is 0 Å². The fourth-order valence-electron chi connectivity index (χ4n) is 0.734. The molecular weight excluding hydrogens is 147 g/mol. The molecule has 0 saturated carbocycles. The van der Waals surface area contributed by atoms with E-state index in [0.717, 1.165) is 0 Å². The van der Waals surface area contributed by atoms with Gasteiger partial charge in [0.15, 0.2) is 0 Å². The van der Waals surface area contributed by atoms with Crippen LogP contribution in [0.15, 0.2) is 23.3 Å². The van der Waals surface area contributed by atoms with Crippen molar-refractivity contribution in [3.8, 4) is 0 Å². The molecule has 0 saturated heterocycles. The summed E-state index contributed by atoms with van der Waals surface area (Å²) in [5.41, 5.74) is 2.91. The summed E-state index contributed by atoms with van der Waals surface area (Å²) in [5, 5.41) is 2.62. The maximum absolute atomic E-state index is 2.34. The summed E-state index contributed by atoms with van der Waals surface area (Å²) < 4.78 is 0. The van der Waals surface area contributed by atoms with Crippen molar-refractivity contribution in [1.29, 1.82) is 0 Å². The Morgan fingerprint density at radius 3 is 1.55 bits per heavy atom. The van der Waals surface area contributed by atoms with Gasteiger partial charge in [-0.1, -0.05) is 0 Å². The van der Waals surface area contributed by atoms with Crippen LogP contribution in [-0.4, -0.2) is 15.2 Å². The Balaban J connectivity index is 3.29. The molecule has 1 heteroatoms. The van der Waals surface area contributed by atoms with Crippen LogP contribution in [0.3, 0.4) is 0 Å². The van der Waals surface area contributed by atoms with Gasteiger partial charge < -0.3 is 0 Å². The molecule has 0 radical (unpaired) electrons. The van der Waals surface area contributed by atoms with E-state index >= 15 is 0 Å². The molecule has 0 aromatic carbocycles. The van der Waals surface area contributed by atoms with Crippen molar-refractivity contribution in [3.05, 3.63) is 23.3 Å². The van der Waals surface area contributed by atoms with Gasteiger partial charge in [0.05, 0.1) is 0 Å². The van der Waals surface area contributed by atoms with E-state index in [1.807, 2.05) is 0 Å². The second kappa shape index (κ2) is 6.71. The first-order valence-electron chi connectivity index (χ1n) is 4.21. The second-order valence-electron chi connectivity index (χ2n) is 3.32. The molecular formula is C10H18Al+. The van der Waals surface area contributed by atoms with Crippen molar-refractivity contribution in [3.63, 3.8) is 0 Å². The molecule has 0 aromatic rings. The molecule has 0 N–H and O–H groups in total. The third kappa shape index (κ3) is 10.0. The van der Waals surface area contributed by atoms with Crippen LogP contribution < -0.4 is 0 Å². The molecule has 0 aliphatic carbocycles. The first-order valence-corrected chi connectivity index (χ1v) is 5.84. The molecule has 0 spiro atoms. The molecule has 0 rings (SSSR count). The third-order valence-corrected chi connectivity index (χ3v) is 2.52. The average Bonchev–Trinajstić information content (AvgIpc) is 1.85. The topological polar surface area (TPSA) is 0 Å². The number of rotatable bonds is 4. The van der Waals surface area contributed by atoms with Gasteiger partial charge in [0.1, 0.15) is 0 Å². The van der Waals surface area contributed by atoms with Gasteiger partial charge in [-0.15, -0.1) is 0 Å². The second-order valence-corrected chi connectivity index (χ2v) is 4.84. The molecule has 0 amide bonds. The summed E-state index contributed by atoms with van der Waals surface area (Å²) in [6.45, 7) is 8.67. The van der Waals surface area contributed by atoms with Crippen LogP contribution in [0.5, 0.6) is 0 Å². The Hall–Kier alpha value is 0.0125. The van der Waals surface area contributed by atoms with Gasteiger partial charge in [0.2, 0.25) is 0 Å². The Kier molecular flexibility index (Phi) is 6.71. The van der Waals surface area contributed by atoms with Crippen LogP contribution in [0.25, 0.3) is 0 Å². The van der Waals surface area contributed by atoms with E-state index in [2.05, 4.69) is 39.8 Å². The summed E-state index contributed by atoms with van der Waals surface area (Å²) in [6, 6.07) is 0. The van der Waals surface area contributed by atoms with E-state index < -0.39 is 0 Å². The summed E-state index contributed by atoms with van der Waals surface area (Å²) in [5.74, 6) is 0. The normalized spacial score (nSPS) is 8.36. The molecule has 0 heterocycles. The fraction of sp³-hybridized carbons (Fsp3) is 0.600. The first-order chi connectivity index (χ1) is 5.13. The van der Waals surface area contributed by atoms with Gasteiger partial charge >= 0.3 is 76.8 Å². The van der Waals surface area contributed by atoms with Crippen molar-refractivity contribution in [1.82, 2.24) is 0 Å². The molecule has 0 nitrogen and oxygen atoms in total. The zero-order valence-electron chi connectivity index (χ0n) is 8.15. The summed E-state index contributed by atoms with van der Waals surface area (Å²) in [7, 11) is 0. The predicted molar refractivity (Wildman–Crippen MR) is 54.2 cm³/mol. The number of allylic oxidation sites excluding steroid dienone is 4. The van der Waals surface area contributed by atoms with Crippen molar-refractivity contribution in [2.75, 3.05) is 0 Å². The molecule has 0 aromatic heterocycles. The van der Waals surface area contributed by atoms with Crippen LogP contribution in [0.4, 0.5) is 0 Å². The molecule has 11 heavy (non-hydrogen) atoms. The third-order valence-electron chi connectivity index (χ3n) is 1.39. The molecule has 0 fully saturated rings. The van der Waals surface area contributed by atoms with E-state index in [4.69, 9.17) is 0 Å². The fourth-order valence-corrected chi connectivity index (χ4v) is 2.20. The minimum absolute atomic E-state index is 0.619. The molecule has 0 unspecified atom stereocenters. The maximum atomic E-state index is 2.34.